The lowest BCUT2D eigenvalue weighted by molar-refractivity contribution is 0.0303. The largest absolute Gasteiger partial charge is 0.378 e. The lowest BCUT2D eigenvalue weighted by Gasteiger charge is -2.27. The molecule has 1 aliphatic rings. The highest BCUT2D eigenvalue weighted by atomic mass is 32.2. The lowest BCUT2D eigenvalue weighted by atomic mass is 10.1. The number of carbonyl (C=O) groups excluding carboxylic acids is 2. The van der Waals surface area contributed by atoms with E-state index in [0.29, 0.717) is 43.1 Å². The molecular weight excluding hydrogens is 380 g/mol. The van der Waals surface area contributed by atoms with Gasteiger partial charge in [-0.2, -0.15) is 0 Å². The molecule has 3 rings (SSSR count). The van der Waals surface area contributed by atoms with Crippen LogP contribution in [0.25, 0.3) is 0 Å². The normalized spacial score (nSPS) is 14.5. The molecule has 0 aromatic heterocycles. The fraction of sp³-hybridized carbons (Fsp3) is 0.300. The van der Waals surface area contributed by atoms with Crippen LogP contribution in [0.1, 0.15) is 27.6 Å². The molecule has 1 heterocycles. The van der Waals surface area contributed by atoms with Gasteiger partial charge in [0.05, 0.1) is 35.1 Å². The molecule has 0 radical (unpaired) electrons. The van der Waals surface area contributed by atoms with Gasteiger partial charge in [-0.15, -0.1) is 0 Å². The van der Waals surface area contributed by atoms with Crippen molar-refractivity contribution in [1.29, 1.82) is 0 Å². The number of morpholine rings is 1. The van der Waals surface area contributed by atoms with Crippen molar-refractivity contribution in [2.24, 2.45) is 0 Å². The summed E-state index contributed by atoms with van der Waals surface area (Å²) in [4.78, 5) is 27.2. The van der Waals surface area contributed by atoms with Gasteiger partial charge in [-0.05, 0) is 36.4 Å². The Balaban J connectivity index is 1.78. The van der Waals surface area contributed by atoms with E-state index in [1.165, 1.54) is 24.3 Å². The number of amides is 2. The number of nitrogens with zero attached hydrogens (tertiary/aromatic N) is 1. The van der Waals surface area contributed by atoms with Gasteiger partial charge in [-0.3, -0.25) is 9.59 Å². The van der Waals surface area contributed by atoms with Gasteiger partial charge in [-0.1, -0.05) is 19.1 Å². The predicted octanol–water partition coefficient (Wildman–Crippen LogP) is 2.20. The van der Waals surface area contributed by atoms with Gasteiger partial charge < -0.3 is 15.0 Å². The standard InChI is InChI=1S/C20H22N2O5S/c1-2-28(25,26)16-9-7-15(8-10-16)19(23)21-18-6-4-3-5-17(18)20(24)22-11-13-27-14-12-22/h3-10H,2,11-14H2,1H3,(H,21,23). The molecule has 2 aromatic carbocycles. The number of rotatable bonds is 5. The summed E-state index contributed by atoms with van der Waals surface area (Å²) in [5.74, 6) is -0.582. The van der Waals surface area contributed by atoms with Crippen LogP contribution in [0.4, 0.5) is 5.69 Å². The molecule has 2 amide bonds. The number of anilines is 1. The Kier molecular flexibility index (Phi) is 6.11. The summed E-state index contributed by atoms with van der Waals surface area (Å²) in [5.41, 5.74) is 1.13. The minimum absolute atomic E-state index is 0.00439. The van der Waals surface area contributed by atoms with Crippen molar-refractivity contribution in [1.82, 2.24) is 4.90 Å². The summed E-state index contributed by atoms with van der Waals surface area (Å²) in [5, 5.41) is 2.75. The Labute approximate surface area is 164 Å². The van der Waals surface area contributed by atoms with Crippen molar-refractivity contribution < 1.29 is 22.7 Å². The predicted molar refractivity (Wildman–Crippen MR) is 105 cm³/mol. The lowest BCUT2D eigenvalue weighted by Crippen LogP contribution is -2.41. The van der Waals surface area contributed by atoms with Gasteiger partial charge in [0.15, 0.2) is 9.84 Å². The van der Waals surface area contributed by atoms with E-state index in [-0.39, 0.29) is 16.6 Å². The molecule has 7 nitrogen and oxygen atoms in total. The van der Waals surface area contributed by atoms with Gasteiger partial charge in [-0.25, -0.2) is 8.42 Å². The Morgan fingerprint density at radius 3 is 2.32 bits per heavy atom. The van der Waals surface area contributed by atoms with E-state index >= 15 is 0 Å². The molecule has 0 aliphatic carbocycles. The van der Waals surface area contributed by atoms with E-state index in [1.807, 2.05) is 0 Å². The van der Waals surface area contributed by atoms with E-state index < -0.39 is 15.7 Å². The molecule has 2 aromatic rings. The zero-order chi connectivity index (χ0) is 20.1. The van der Waals surface area contributed by atoms with Crippen LogP contribution in [0, 0.1) is 0 Å². The van der Waals surface area contributed by atoms with Crippen molar-refractivity contribution in [3.05, 3.63) is 59.7 Å². The first-order valence-electron chi connectivity index (χ1n) is 9.02. The van der Waals surface area contributed by atoms with Crippen molar-refractivity contribution in [3.8, 4) is 0 Å². The van der Waals surface area contributed by atoms with Crippen LogP contribution in [0.3, 0.4) is 0 Å². The Morgan fingerprint density at radius 2 is 1.68 bits per heavy atom. The third-order valence-electron chi connectivity index (χ3n) is 4.56. The van der Waals surface area contributed by atoms with Gasteiger partial charge in [0.1, 0.15) is 0 Å². The molecule has 1 fully saturated rings. The number of sulfone groups is 1. The molecule has 8 heteroatoms. The second-order valence-electron chi connectivity index (χ2n) is 6.33. The summed E-state index contributed by atoms with van der Waals surface area (Å²) in [6, 6.07) is 12.6. The summed E-state index contributed by atoms with van der Waals surface area (Å²) < 4.78 is 29.1. The number of carbonyl (C=O) groups is 2. The van der Waals surface area contributed by atoms with E-state index in [1.54, 1.807) is 36.1 Å². The summed E-state index contributed by atoms with van der Waals surface area (Å²) in [6.45, 7) is 3.57. The maximum atomic E-state index is 12.8. The van der Waals surface area contributed by atoms with E-state index in [0.717, 1.165) is 0 Å². The third kappa shape index (κ3) is 4.40. The number of hydrogen-bond donors (Lipinski definition) is 1. The zero-order valence-electron chi connectivity index (χ0n) is 15.6. The number of hydrogen-bond acceptors (Lipinski definition) is 5. The Hall–Kier alpha value is -2.71. The second kappa shape index (κ2) is 8.53. The maximum absolute atomic E-state index is 12.8. The quantitative estimate of drug-likeness (QED) is 0.828. The fourth-order valence-electron chi connectivity index (χ4n) is 2.89. The smallest absolute Gasteiger partial charge is 0.256 e. The SMILES string of the molecule is CCS(=O)(=O)c1ccc(C(=O)Nc2ccccc2C(=O)N2CCOCC2)cc1. The molecular formula is C20H22N2O5S. The first kappa shape index (κ1) is 20.0. The molecule has 0 saturated carbocycles. The molecule has 1 N–H and O–H groups in total. The molecule has 148 valence electrons. The highest BCUT2D eigenvalue weighted by Gasteiger charge is 2.22. The van der Waals surface area contributed by atoms with Crippen LogP contribution in [-0.2, 0) is 14.6 Å². The second-order valence-corrected chi connectivity index (χ2v) is 8.61. The molecule has 1 aliphatic heterocycles. The van der Waals surface area contributed by atoms with Crippen molar-refractivity contribution in [2.45, 2.75) is 11.8 Å². The average molecular weight is 402 g/mol. The molecule has 0 bridgehead atoms. The Bertz CT molecular complexity index is 964. The van der Waals surface area contributed by atoms with Crippen LogP contribution in [0.5, 0.6) is 0 Å². The molecule has 1 saturated heterocycles. The number of para-hydroxylation sites is 1. The monoisotopic (exact) mass is 402 g/mol. The van der Waals surface area contributed by atoms with Gasteiger partial charge in [0.2, 0.25) is 0 Å². The first-order valence-corrected chi connectivity index (χ1v) is 10.7. The minimum Gasteiger partial charge on any atom is -0.378 e. The molecule has 0 atom stereocenters. The highest BCUT2D eigenvalue weighted by Crippen LogP contribution is 2.20. The van der Waals surface area contributed by atoms with E-state index in [4.69, 9.17) is 4.74 Å². The summed E-state index contributed by atoms with van der Waals surface area (Å²) in [6.07, 6.45) is 0. The van der Waals surface area contributed by atoms with Crippen LogP contribution < -0.4 is 5.32 Å². The van der Waals surface area contributed by atoms with Gasteiger partial charge in [0.25, 0.3) is 11.8 Å². The van der Waals surface area contributed by atoms with Crippen molar-refractivity contribution in [2.75, 3.05) is 37.4 Å². The van der Waals surface area contributed by atoms with Crippen LogP contribution in [0.2, 0.25) is 0 Å². The Morgan fingerprint density at radius 1 is 1.04 bits per heavy atom. The number of benzene rings is 2. The van der Waals surface area contributed by atoms with Crippen LogP contribution >= 0.6 is 0 Å². The van der Waals surface area contributed by atoms with E-state index in [2.05, 4.69) is 5.32 Å². The maximum Gasteiger partial charge on any atom is 0.256 e. The van der Waals surface area contributed by atoms with E-state index in [9.17, 15) is 18.0 Å². The topological polar surface area (TPSA) is 92.8 Å². The zero-order valence-corrected chi connectivity index (χ0v) is 16.4. The minimum atomic E-state index is -3.32. The first-order chi connectivity index (χ1) is 13.4. The van der Waals surface area contributed by atoms with Gasteiger partial charge >= 0.3 is 0 Å². The summed E-state index contributed by atoms with van der Waals surface area (Å²) >= 11 is 0. The average Bonchev–Trinajstić information content (AvgIpc) is 2.74. The van der Waals surface area contributed by atoms with Gasteiger partial charge in [0, 0.05) is 18.7 Å². The van der Waals surface area contributed by atoms with Crippen LogP contribution in [-0.4, -0.2) is 57.2 Å². The number of nitrogens with one attached hydrogen (secondary N) is 1. The fourth-order valence-corrected chi connectivity index (χ4v) is 3.77. The summed E-state index contributed by atoms with van der Waals surface area (Å²) in [7, 11) is -3.32. The molecule has 0 spiro atoms. The molecule has 0 unspecified atom stereocenters. The highest BCUT2D eigenvalue weighted by molar-refractivity contribution is 7.91. The number of ether oxygens (including phenoxy) is 1. The third-order valence-corrected chi connectivity index (χ3v) is 6.31. The van der Waals surface area contributed by atoms with Crippen molar-refractivity contribution >= 4 is 27.3 Å². The van der Waals surface area contributed by atoms with Crippen molar-refractivity contribution in [3.63, 3.8) is 0 Å². The van der Waals surface area contributed by atoms with Crippen LogP contribution in [0.15, 0.2) is 53.4 Å². The molecule has 28 heavy (non-hydrogen) atoms.